The lowest BCUT2D eigenvalue weighted by Gasteiger charge is -2.24. The zero-order chi connectivity index (χ0) is 23.5. The van der Waals surface area contributed by atoms with Crippen molar-refractivity contribution in [2.45, 2.75) is 49.0 Å². The first-order valence-electron chi connectivity index (χ1n) is 10.4. The number of amides is 2. The highest BCUT2D eigenvalue weighted by molar-refractivity contribution is 7.89. The summed E-state index contributed by atoms with van der Waals surface area (Å²) in [6.07, 6.45) is -0.181. The molecule has 2 atom stereocenters. The molecule has 2 unspecified atom stereocenters. The van der Waals surface area contributed by atoms with Crippen LogP contribution >= 0.6 is 12.6 Å². The van der Waals surface area contributed by atoms with Crippen LogP contribution in [0.4, 0.5) is 4.79 Å². The Morgan fingerprint density at radius 1 is 1.12 bits per heavy atom. The van der Waals surface area contributed by atoms with E-state index in [9.17, 15) is 18.0 Å². The average Bonchev–Trinajstić information content (AvgIpc) is 3.10. The van der Waals surface area contributed by atoms with Gasteiger partial charge in [-0.1, -0.05) is 30.3 Å². The maximum Gasteiger partial charge on any atom is 0.408 e. The summed E-state index contributed by atoms with van der Waals surface area (Å²) in [6.45, 7) is 5.30. The van der Waals surface area contributed by atoms with E-state index >= 15 is 0 Å². The molecule has 2 aromatic carbocycles. The molecule has 0 radical (unpaired) electrons. The molecule has 1 saturated heterocycles. The molecule has 0 spiro atoms. The maximum absolute atomic E-state index is 13.3. The zero-order valence-electron chi connectivity index (χ0n) is 18.4. The number of alkyl carbamates (subject to hydrolysis) is 1. The van der Waals surface area contributed by atoms with Crippen molar-refractivity contribution in [2.24, 2.45) is 0 Å². The molecule has 3 rings (SSSR count). The highest BCUT2D eigenvalue weighted by atomic mass is 32.2. The van der Waals surface area contributed by atoms with Gasteiger partial charge in [0, 0.05) is 24.4 Å². The number of sulfonamides is 1. The fourth-order valence-corrected chi connectivity index (χ4v) is 5.81. The molecule has 2 aromatic rings. The third kappa shape index (κ3) is 6.14. The molecule has 1 aliphatic heterocycles. The van der Waals surface area contributed by atoms with Crippen molar-refractivity contribution in [3.63, 3.8) is 0 Å². The number of hydrogen-bond acceptors (Lipinski definition) is 6. The van der Waals surface area contributed by atoms with Crippen molar-refractivity contribution >= 4 is 45.4 Å². The van der Waals surface area contributed by atoms with E-state index in [1.807, 2.05) is 24.3 Å². The fraction of sp³-hybridized carbons (Fsp3) is 0.455. The van der Waals surface area contributed by atoms with E-state index in [2.05, 4.69) is 23.3 Å². The van der Waals surface area contributed by atoms with Gasteiger partial charge in [-0.05, 0) is 50.1 Å². The van der Waals surface area contributed by atoms with Gasteiger partial charge in [0.25, 0.3) is 0 Å². The Bertz CT molecular complexity index is 1100. The number of thiol groups is 1. The summed E-state index contributed by atoms with van der Waals surface area (Å²) in [4.78, 5) is 24.1. The Balaban J connectivity index is 1.64. The summed E-state index contributed by atoms with van der Waals surface area (Å²) in [5, 5.41) is 6.75. The topological polar surface area (TPSA) is 105 Å². The Morgan fingerprint density at radius 2 is 1.81 bits per heavy atom. The Kier molecular flexibility index (Phi) is 7.36. The van der Waals surface area contributed by atoms with Gasteiger partial charge in [0.05, 0.1) is 11.4 Å². The van der Waals surface area contributed by atoms with Crippen molar-refractivity contribution in [3.05, 3.63) is 42.5 Å². The lowest BCUT2D eigenvalue weighted by atomic mass is 10.1. The maximum atomic E-state index is 13.3. The smallest absolute Gasteiger partial charge is 0.408 e. The fourth-order valence-electron chi connectivity index (χ4n) is 3.57. The SMILES string of the molecule is CC(C)(C)OC(=O)NCC(=O)NCC1CC(S)CN1S(=O)(=O)c1ccc2ccccc2c1. The Labute approximate surface area is 194 Å². The van der Waals surface area contributed by atoms with Gasteiger partial charge < -0.3 is 15.4 Å². The van der Waals surface area contributed by atoms with Crippen molar-refractivity contribution in [1.29, 1.82) is 0 Å². The molecular formula is C22H29N3O5S2. The number of carbonyl (C=O) groups excluding carboxylic acids is 2. The predicted molar refractivity (Wildman–Crippen MR) is 126 cm³/mol. The van der Waals surface area contributed by atoms with Gasteiger partial charge in [-0.2, -0.15) is 16.9 Å². The van der Waals surface area contributed by atoms with E-state index in [1.165, 1.54) is 4.31 Å². The highest BCUT2D eigenvalue weighted by Gasteiger charge is 2.39. The van der Waals surface area contributed by atoms with E-state index in [-0.39, 0.29) is 29.8 Å². The zero-order valence-corrected chi connectivity index (χ0v) is 20.1. The molecule has 0 bridgehead atoms. The van der Waals surface area contributed by atoms with Crippen LogP contribution in [0.25, 0.3) is 10.8 Å². The van der Waals surface area contributed by atoms with E-state index in [0.29, 0.717) is 6.42 Å². The minimum Gasteiger partial charge on any atom is -0.444 e. The molecule has 174 valence electrons. The largest absolute Gasteiger partial charge is 0.444 e. The van der Waals surface area contributed by atoms with E-state index in [1.54, 1.807) is 39.0 Å². The second-order valence-electron chi connectivity index (χ2n) is 8.79. The number of fused-ring (bicyclic) bond motifs is 1. The summed E-state index contributed by atoms with van der Waals surface area (Å²) in [7, 11) is -3.76. The lowest BCUT2D eigenvalue weighted by molar-refractivity contribution is -0.120. The van der Waals surface area contributed by atoms with Crippen molar-refractivity contribution < 1.29 is 22.7 Å². The number of benzene rings is 2. The van der Waals surface area contributed by atoms with Crippen LogP contribution in [0.2, 0.25) is 0 Å². The molecule has 1 heterocycles. The minimum absolute atomic E-state index is 0.124. The second kappa shape index (κ2) is 9.68. The Hall–Kier alpha value is -2.30. The molecule has 0 saturated carbocycles. The van der Waals surface area contributed by atoms with Crippen LogP contribution in [0.3, 0.4) is 0 Å². The van der Waals surface area contributed by atoms with Crippen LogP contribution in [0.15, 0.2) is 47.4 Å². The van der Waals surface area contributed by atoms with Gasteiger partial charge in [0.2, 0.25) is 15.9 Å². The molecule has 1 aliphatic rings. The van der Waals surface area contributed by atoms with E-state index in [4.69, 9.17) is 4.74 Å². The highest BCUT2D eigenvalue weighted by Crippen LogP contribution is 2.30. The van der Waals surface area contributed by atoms with Crippen molar-refractivity contribution in [2.75, 3.05) is 19.6 Å². The van der Waals surface area contributed by atoms with Crippen LogP contribution in [0, 0.1) is 0 Å². The van der Waals surface area contributed by atoms with Gasteiger partial charge in [-0.3, -0.25) is 4.79 Å². The first-order valence-corrected chi connectivity index (χ1v) is 12.3. The monoisotopic (exact) mass is 479 g/mol. The van der Waals surface area contributed by atoms with Crippen LogP contribution < -0.4 is 10.6 Å². The molecule has 32 heavy (non-hydrogen) atoms. The number of carbonyl (C=O) groups is 2. The van der Waals surface area contributed by atoms with Gasteiger partial charge in [0.1, 0.15) is 5.60 Å². The molecule has 0 aliphatic carbocycles. The van der Waals surface area contributed by atoms with Gasteiger partial charge in [-0.25, -0.2) is 13.2 Å². The lowest BCUT2D eigenvalue weighted by Crippen LogP contribution is -2.46. The number of ether oxygens (including phenoxy) is 1. The average molecular weight is 480 g/mol. The standard InChI is InChI=1S/C22H29N3O5S2/c1-22(2,3)30-21(27)24-13-20(26)23-12-17-11-18(31)14-25(17)32(28,29)19-9-8-15-6-4-5-7-16(15)10-19/h4-10,17-18,31H,11-14H2,1-3H3,(H,23,26)(H,24,27). The van der Waals surface area contributed by atoms with Crippen LogP contribution in [-0.4, -0.2) is 61.3 Å². The van der Waals surface area contributed by atoms with Crippen molar-refractivity contribution in [1.82, 2.24) is 14.9 Å². The normalized spacial score (nSPS) is 19.6. The van der Waals surface area contributed by atoms with E-state index < -0.39 is 33.7 Å². The predicted octanol–water partition coefficient (Wildman–Crippen LogP) is 2.54. The summed E-state index contributed by atoms with van der Waals surface area (Å²) in [5.41, 5.74) is -0.663. The molecule has 0 aromatic heterocycles. The third-order valence-electron chi connectivity index (χ3n) is 5.00. The van der Waals surface area contributed by atoms with Gasteiger partial charge in [-0.15, -0.1) is 0 Å². The molecular weight excluding hydrogens is 450 g/mol. The number of rotatable bonds is 6. The second-order valence-corrected chi connectivity index (χ2v) is 11.4. The molecule has 8 nitrogen and oxygen atoms in total. The van der Waals surface area contributed by atoms with Crippen LogP contribution in [0.5, 0.6) is 0 Å². The van der Waals surface area contributed by atoms with E-state index in [0.717, 1.165) is 10.8 Å². The van der Waals surface area contributed by atoms with Crippen molar-refractivity contribution in [3.8, 4) is 0 Å². The summed E-state index contributed by atoms with van der Waals surface area (Å²) in [6, 6.07) is 12.2. The summed E-state index contributed by atoms with van der Waals surface area (Å²) < 4.78 is 33.2. The van der Waals surface area contributed by atoms with Gasteiger partial charge in [0.15, 0.2) is 0 Å². The molecule has 2 N–H and O–H groups in total. The first-order chi connectivity index (χ1) is 15.0. The van der Waals surface area contributed by atoms with Crippen LogP contribution in [0.1, 0.15) is 27.2 Å². The first kappa shape index (κ1) is 24.3. The third-order valence-corrected chi connectivity index (χ3v) is 7.29. The Morgan fingerprint density at radius 3 is 2.50 bits per heavy atom. The molecule has 2 amide bonds. The summed E-state index contributed by atoms with van der Waals surface area (Å²) >= 11 is 4.47. The van der Waals surface area contributed by atoms with Gasteiger partial charge >= 0.3 is 6.09 Å². The number of hydrogen-bond donors (Lipinski definition) is 3. The summed E-state index contributed by atoms with van der Waals surface area (Å²) in [5.74, 6) is -0.429. The minimum atomic E-state index is -3.76. The molecule has 10 heteroatoms. The van der Waals surface area contributed by atoms with Crippen LogP contribution in [-0.2, 0) is 19.6 Å². The molecule has 1 fully saturated rings. The number of nitrogens with one attached hydrogen (secondary N) is 2. The number of nitrogens with zero attached hydrogens (tertiary/aromatic N) is 1. The quantitative estimate of drug-likeness (QED) is 0.553.